The number of halogens is 2. The van der Waals surface area contributed by atoms with Crippen molar-refractivity contribution in [3.63, 3.8) is 0 Å². The number of pyridine rings is 2. The molecule has 0 atom stereocenters. The van der Waals surface area contributed by atoms with E-state index in [9.17, 15) is 17.9 Å². The quantitative estimate of drug-likeness (QED) is 0.373. The van der Waals surface area contributed by atoms with E-state index in [1.165, 1.54) is 30.6 Å². The number of rotatable bonds is 5. The van der Waals surface area contributed by atoms with E-state index in [2.05, 4.69) is 25.0 Å². The Labute approximate surface area is 175 Å². The lowest BCUT2D eigenvalue weighted by molar-refractivity contribution is 0.102. The lowest BCUT2D eigenvalue weighted by Crippen LogP contribution is -2.40. The van der Waals surface area contributed by atoms with Crippen molar-refractivity contribution in [3.8, 4) is 0 Å². The Hall–Kier alpha value is -3.70. The lowest BCUT2D eigenvalue weighted by atomic mass is 10.2. The fourth-order valence-electron chi connectivity index (χ4n) is 2.94. The van der Waals surface area contributed by atoms with Gasteiger partial charge in [0.2, 0.25) is 0 Å². The predicted octanol–water partition coefficient (Wildman–Crippen LogP) is 3.80. The topological polar surface area (TPSA) is 120 Å². The van der Waals surface area contributed by atoms with Crippen LogP contribution in [-0.4, -0.2) is 35.9 Å². The van der Waals surface area contributed by atoms with Gasteiger partial charge in [0.05, 0.1) is 11.3 Å². The molecule has 4 N–H and O–H groups in total. The molecule has 11 heteroatoms. The van der Waals surface area contributed by atoms with E-state index < -0.39 is 38.4 Å². The van der Waals surface area contributed by atoms with Crippen LogP contribution < -0.4 is 10.0 Å². The van der Waals surface area contributed by atoms with Crippen LogP contribution in [0.25, 0.3) is 11.0 Å². The third-order valence-corrected chi connectivity index (χ3v) is 6.40. The average Bonchev–Trinajstić information content (AvgIpc) is 3.21. The van der Waals surface area contributed by atoms with E-state index in [1.807, 2.05) is 0 Å². The van der Waals surface area contributed by atoms with Crippen LogP contribution in [0.4, 0.5) is 20.2 Å². The van der Waals surface area contributed by atoms with Crippen molar-refractivity contribution in [1.82, 2.24) is 15.0 Å². The Kier molecular flexibility index (Phi) is 4.79. The number of nitrogens with one attached hydrogen (secondary N) is 3. The standard InChI is InChI=1S/C20H17F2N5O3S/c1-31(29,30,16-4-2-3-8-23-16)27-15-6-5-14(21)18(17(15)22)26-20(28)13-10-12-7-9-24-19(12)25-11-13/h2-11H,1H3,(H,24,25)(H,26,28)(H2,27,29,30). The summed E-state index contributed by atoms with van der Waals surface area (Å²) in [6, 6.07) is 9.39. The Morgan fingerprint density at radius 1 is 1.16 bits per heavy atom. The number of benzene rings is 1. The molecule has 0 aliphatic heterocycles. The maximum atomic E-state index is 15.0. The first kappa shape index (κ1) is 20.6. The zero-order valence-corrected chi connectivity index (χ0v) is 16.9. The van der Waals surface area contributed by atoms with Crippen LogP contribution in [0.5, 0.6) is 0 Å². The average molecular weight is 445 g/mol. The number of hydrogen-bond acceptors (Lipinski definition) is 4. The fraction of sp³-hybridized carbons (Fsp3) is 0.0500. The maximum Gasteiger partial charge on any atom is 0.257 e. The summed E-state index contributed by atoms with van der Waals surface area (Å²) in [6.07, 6.45) is 5.17. The van der Waals surface area contributed by atoms with Gasteiger partial charge in [-0.25, -0.2) is 18.7 Å². The molecule has 0 bridgehead atoms. The third-order valence-electron chi connectivity index (χ3n) is 4.47. The minimum Gasteiger partial charge on any atom is -0.346 e. The molecule has 4 aromatic rings. The summed E-state index contributed by atoms with van der Waals surface area (Å²) < 4.78 is 55.3. The molecule has 0 spiro atoms. The van der Waals surface area contributed by atoms with Crippen LogP contribution >= 0.6 is 0 Å². The van der Waals surface area contributed by atoms with E-state index in [0.29, 0.717) is 11.0 Å². The zero-order valence-electron chi connectivity index (χ0n) is 16.1. The molecule has 160 valence electrons. The van der Waals surface area contributed by atoms with Gasteiger partial charge in [-0.15, -0.1) is 0 Å². The molecule has 31 heavy (non-hydrogen) atoms. The van der Waals surface area contributed by atoms with Crippen molar-refractivity contribution in [2.45, 2.75) is 5.03 Å². The fourth-order valence-corrected chi connectivity index (χ4v) is 4.43. The number of H-pyrrole nitrogens is 1. The summed E-state index contributed by atoms with van der Waals surface area (Å²) >= 11 is 0. The SMILES string of the molecule is CS(=O)(O)(Nc1ccc(F)c(NC(=O)c2cnc3[nH]ccc3c2)c1F)c1ccccn1. The van der Waals surface area contributed by atoms with Crippen LogP contribution in [0.1, 0.15) is 10.4 Å². The molecule has 0 fully saturated rings. The van der Waals surface area contributed by atoms with Crippen LogP contribution in [0, 0.1) is 11.6 Å². The molecule has 0 saturated heterocycles. The molecule has 0 saturated carbocycles. The summed E-state index contributed by atoms with van der Waals surface area (Å²) in [7, 11) is -4.82. The highest BCUT2D eigenvalue weighted by molar-refractivity contribution is 8.15. The van der Waals surface area contributed by atoms with E-state index >= 15 is 4.39 Å². The highest BCUT2D eigenvalue weighted by Gasteiger charge is 2.28. The third kappa shape index (κ3) is 4.00. The molecular weight excluding hydrogens is 428 g/mol. The van der Waals surface area contributed by atoms with E-state index in [4.69, 9.17) is 0 Å². The first-order valence-corrected chi connectivity index (χ1v) is 11.3. The van der Waals surface area contributed by atoms with Crippen molar-refractivity contribution in [3.05, 3.63) is 78.3 Å². The molecule has 0 unspecified atom stereocenters. The van der Waals surface area contributed by atoms with Crippen molar-refractivity contribution in [2.24, 2.45) is 0 Å². The first-order chi connectivity index (χ1) is 14.6. The summed E-state index contributed by atoms with van der Waals surface area (Å²) in [4.78, 5) is 23.3. The van der Waals surface area contributed by atoms with Gasteiger partial charge in [0, 0.05) is 30.2 Å². The van der Waals surface area contributed by atoms with Crippen molar-refractivity contribution in [1.29, 1.82) is 0 Å². The molecule has 3 heterocycles. The molecular formula is C20H17F2N5O3S. The molecule has 0 radical (unpaired) electrons. The van der Waals surface area contributed by atoms with Crippen molar-refractivity contribution in [2.75, 3.05) is 16.3 Å². The van der Waals surface area contributed by atoms with Gasteiger partial charge in [-0.2, -0.15) is 4.21 Å². The Bertz CT molecular complexity index is 1370. The Morgan fingerprint density at radius 3 is 2.71 bits per heavy atom. The number of nitrogens with zero attached hydrogens (tertiary/aromatic N) is 2. The summed E-state index contributed by atoms with van der Waals surface area (Å²) in [5.41, 5.74) is -0.615. The normalized spacial score (nSPS) is 12.8. The van der Waals surface area contributed by atoms with Gasteiger partial charge in [0.25, 0.3) is 5.91 Å². The number of hydrogen-bond donors (Lipinski definition) is 4. The van der Waals surface area contributed by atoms with Crippen LogP contribution in [0.2, 0.25) is 0 Å². The van der Waals surface area contributed by atoms with Gasteiger partial charge in [-0.3, -0.25) is 14.1 Å². The van der Waals surface area contributed by atoms with Gasteiger partial charge in [-0.05, 0) is 36.4 Å². The minimum absolute atomic E-state index is 0.0809. The van der Waals surface area contributed by atoms with Gasteiger partial charge in [0.1, 0.15) is 17.2 Å². The number of aromatic amines is 1. The molecule has 1 aromatic carbocycles. The Balaban J connectivity index is 1.66. The number of carbonyl (C=O) groups is 1. The number of carbonyl (C=O) groups excluding carboxylic acids is 1. The summed E-state index contributed by atoms with van der Waals surface area (Å²) in [6.45, 7) is 0. The highest BCUT2D eigenvalue weighted by atomic mass is 32.3. The number of fused-ring (bicyclic) bond motifs is 1. The summed E-state index contributed by atoms with van der Waals surface area (Å²) in [5, 5.41) is 2.59. The molecule has 0 aliphatic carbocycles. The second-order valence-electron chi connectivity index (χ2n) is 6.93. The van der Waals surface area contributed by atoms with Gasteiger partial charge < -0.3 is 10.3 Å². The maximum absolute atomic E-state index is 15.0. The van der Waals surface area contributed by atoms with E-state index in [0.717, 1.165) is 18.4 Å². The molecule has 4 rings (SSSR count). The predicted molar refractivity (Wildman–Crippen MR) is 113 cm³/mol. The second kappa shape index (κ2) is 7.22. The first-order valence-electron chi connectivity index (χ1n) is 8.94. The van der Waals surface area contributed by atoms with Gasteiger partial charge in [-0.1, -0.05) is 15.6 Å². The highest BCUT2D eigenvalue weighted by Crippen LogP contribution is 2.33. The number of amides is 1. The Morgan fingerprint density at radius 2 is 1.97 bits per heavy atom. The number of anilines is 2. The lowest BCUT2D eigenvalue weighted by Gasteiger charge is -2.39. The smallest absolute Gasteiger partial charge is 0.257 e. The van der Waals surface area contributed by atoms with Gasteiger partial charge >= 0.3 is 0 Å². The van der Waals surface area contributed by atoms with Crippen LogP contribution in [0.15, 0.2) is 66.1 Å². The summed E-state index contributed by atoms with van der Waals surface area (Å²) in [5.74, 6) is -3.09. The largest absolute Gasteiger partial charge is 0.346 e. The van der Waals surface area contributed by atoms with Gasteiger partial charge in [0.15, 0.2) is 10.8 Å². The molecule has 0 aliphatic rings. The molecule has 8 nitrogen and oxygen atoms in total. The van der Waals surface area contributed by atoms with E-state index in [-0.39, 0.29) is 10.6 Å². The van der Waals surface area contributed by atoms with Crippen LogP contribution in [0.3, 0.4) is 0 Å². The van der Waals surface area contributed by atoms with Crippen LogP contribution in [-0.2, 0) is 9.53 Å². The molecule has 1 amide bonds. The molecule has 3 aromatic heterocycles. The van der Waals surface area contributed by atoms with E-state index in [1.54, 1.807) is 18.3 Å². The van der Waals surface area contributed by atoms with Crippen molar-refractivity contribution < 1.29 is 22.3 Å². The van der Waals surface area contributed by atoms with Crippen molar-refractivity contribution >= 4 is 37.8 Å². The second-order valence-corrected chi connectivity index (χ2v) is 10.1. The minimum atomic E-state index is -4.82. The number of aromatic nitrogens is 3. The monoisotopic (exact) mass is 445 g/mol. The zero-order chi connectivity index (χ0) is 22.2.